The van der Waals surface area contributed by atoms with Crippen LogP contribution in [0.4, 0.5) is 18.9 Å². The zero-order valence-electron chi connectivity index (χ0n) is 21.7. The molecule has 4 rings (SSSR count). The first-order valence-electron chi connectivity index (χ1n) is 13.2. The molecule has 9 heteroatoms. The van der Waals surface area contributed by atoms with Crippen LogP contribution in [0.2, 0.25) is 0 Å². The highest BCUT2D eigenvalue weighted by Crippen LogP contribution is 2.46. The van der Waals surface area contributed by atoms with Gasteiger partial charge in [0.25, 0.3) is 0 Å². The van der Waals surface area contributed by atoms with E-state index in [1.165, 1.54) is 12.1 Å². The summed E-state index contributed by atoms with van der Waals surface area (Å²) in [6.45, 7) is 8.50. The molecule has 6 nitrogen and oxygen atoms in total. The summed E-state index contributed by atoms with van der Waals surface area (Å²) >= 11 is 0. The Hall–Kier alpha value is -1.84. The molecule has 202 valence electrons. The molecule has 1 aromatic rings. The monoisotopic (exact) mass is 511 g/mol. The van der Waals surface area contributed by atoms with Gasteiger partial charge in [0.05, 0.1) is 24.2 Å². The van der Waals surface area contributed by atoms with E-state index in [2.05, 4.69) is 19.2 Å². The van der Waals surface area contributed by atoms with E-state index >= 15 is 0 Å². The van der Waals surface area contributed by atoms with E-state index in [0.717, 1.165) is 38.4 Å². The Bertz CT molecular complexity index is 887. The number of methoxy groups -OCH3 is 1. The van der Waals surface area contributed by atoms with Crippen LogP contribution in [0.3, 0.4) is 0 Å². The molecular formula is C27H40F3N3O3. The van der Waals surface area contributed by atoms with Crippen LogP contribution in [-0.4, -0.2) is 76.0 Å². The number of anilines is 1. The minimum atomic E-state index is -4.36. The number of nitrogens with zero attached hydrogens (tertiary/aromatic N) is 2. The van der Waals surface area contributed by atoms with E-state index < -0.39 is 17.2 Å². The predicted molar refractivity (Wildman–Crippen MR) is 133 cm³/mol. The highest BCUT2D eigenvalue weighted by atomic mass is 19.4. The summed E-state index contributed by atoms with van der Waals surface area (Å²) < 4.78 is 50.5. The summed E-state index contributed by atoms with van der Waals surface area (Å²) in [5, 5.41) is 3.84. The molecule has 4 atom stereocenters. The van der Waals surface area contributed by atoms with Crippen LogP contribution in [0.1, 0.15) is 45.1 Å². The number of carbonyl (C=O) groups excluding carboxylic acids is 1. The van der Waals surface area contributed by atoms with Crippen molar-refractivity contribution in [2.45, 2.75) is 57.8 Å². The van der Waals surface area contributed by atoms with Gasteiger partial charge in [-0.05, 0) is 49.8 Å². The first-order chi connectivity index (χ1) is 17.1. The largest absolute Gasteiger partial charge is 0.416 e. The van der Waals surface area contributed by atoms with Crippen molar-refractivity contribution in [2.24, 2.45) is 17.3 Å². The normalized spacial score (nSPS) is 29.7. The zero-order valence-corrected chi connectivity index (χ0v) is 21.7. The van der Waals surface area contributed by atoms with E-state index in [1.54, 1.807) is 13.2 Å². The fourth-order valence-corrected chi connectivity index (χ4v) is 6.24. The SMILES string of the molecule is COCC1COCCC1N[C@@H]1CCC(C(=O)N2CCN(c3cccc(C(F)(F)F)c3)CC2)(C(C)C)C1. The smallest absolute Gasteiger partial charge is 0.384 e. The quantitative estimate of drug-likeness (QED) is 0.595. The third-order valence-electron chi connectivity index (χ3n) is 8.49. The molecule has 1 aromatic carbocycles. The van der Waals surface area contributed by atoms with Gasteiger partial charge in [-0.1, -0.05) is 19.9 Å². The molecule has 1 amide bonds. The maximum atomic E-state index is 13.9. The number of hydrogen-bond donors (Lipinski definition) is 1. The molecule has 0 radical (unpaired) electrons. The molecule has 0 aromatic heterocycles. The molecule has 3 aliphatic rings. The second-order valence-corrected chi connectivity index (χ2v) is 10.9. The maximum absolute atomic E-state index is 13.9. The van der Waals surface area contributed by atoms with Crippen molar-refractivity contribution >= 4 is 11.6 Å². The lowest BCUT2D eigenvalue weighted by molar-refractivity contribution is -0.145. The molecule has 1 N–H and O–H groups in total. The molecule has 2 heterocycles. The minimum absolute atomic E-state index is 0.200. The summed E-state index contributed by atoms with van der Waals surface area (Å²) in [7, 11) is 1.72. The van der Waals surface area contributed by atoms with Gasteiger partial charge in [0.15, 0.2) is 0 Å². The summed E-state index contributed by atoms with van der Waals surface area (Å²) in [6, 6.07) is 6.07. The van der Waals surface area contributed by atoms with Crippen molar-refractivity contribution in [3.63, 3.8) is 0 Å². The number of carbonyl (C=O) groups is 1. The van der Waals surface area contributed by atoms with E-state index in [4.69, 9.17) is 9.47 Å². The molecule has 0 spiro atoms. The molecule has 2 aliphatic heterocycles. The summed E-state index contributed by atoms with van der Waals surface area (Å²) in [5.41, 5.74) is -0.487. The molecule has 1 saturated carbocycles. The van der Waals surface area contributed by atoms with E-state index in [9.17, 15) is 18.0 Å². The topological polar surface area (TPSA) is 54.0 Å². The van der Waals surface area contributed by atoms with Crippen LogP contribution in [-0.2, 0) is 20.4 Å². The van der Waals surface area contributed by atoms with Crippen LogP contribution < -0.4 is 10.2 Å². The van der Waals surface area contributed by atoms with Crippen molar-refractivity contribution in [2.75, 3.05) is 58.0 Å². The maximum Gasteiger partial charge on any atom is 0.416 e. The highest BCUT2D eigenvalue weighted by molar-refractivity contribution is 5.84. The molecular weight excluding hydrogens is 471 g/mol. The third kappa shape index (κ3) is 5.83. The molecule has 1 aliphatic carbocycles. The van der Waals surface area contributed by atoms with Crippen LogP contribution in [0.5, 0.6) is 0 Å². The number of piperazine rings is 1. The van der Waals surface area contributed by atoms with E-state index in [1.807, 2.05) is 9.80 Å². The molecule has 0 bridgehead atoms. The molecule has 36 heavy (non-hydrogen) atoms. The second kappa shape index (κ2) is 11.3. The highest BCUT2D eigenvalue weighted by Gasteiger charge is 2.50. The number of rotatable bonds is 7. The van der Waals surface area contributed by atoms with Crippen molar-refractivity contribution < 1.29 is 27.4 Å². The molecule has 3 fully saturated rings. The Balaban J connectivity index is 1.38. The Labute approximate surface area is 212 Å². The van der Waals surface area contributed by atoms with Crippen LogP contribution in [0.15, 0.2) is 24.3 Å². The van der Waals surface area contributed by atoms with Gasteiger partial charge in [-0.25, -0.2) is 0 Å². The number of alkyl halides is 3. The number of hydrogen-bond acceptors (Lipinski definition) is 5. The lowest BCUT2D eigenvalue weighted by Crippen LogP contribution is -2.54. The molecule has 2 saturated heterocycles. The predicted octanol–water partition coefficient (Wildman–Crippen LogP) is 4.19. The fourth-order valence-electron chi connectivity index (χ4n) is 6.24. The lowest BCUT2D eigenvalue weighted by atomic mass is 9.74. The van der Waals surface area contributed by atoms with Gasteiger partial charge >= 0.3 is 6.18 Å². The Morgan fingerprint density at radius 3 is 2.64 bits per heavy atom. The van der Waals surface area contributed by atoms with Crippen LogP contribution in [0.25, 0.3) is 0 Å². The average Bonchev–Trinajstić information content (AvgIpc) is 3.30. The van der Waals surface area contributed by atoms with Crippen LogP contribution >= 0.6 is 0 Å². The van der Waals surface area contributed by atoms with Gasteiger partial charge in [-0.2, -0.15) is 13.2 Å². The van der Waals surface area contributed by atoms with Crippen molar-refractivity contribution in [1.29, 1.82) is 0 Å². The number of benzene rings is 1. The average molecular weight is 512 g/mol. The summed E-state index contributed by atoms with van der Waals surface area (Å²) in [5.74, 6) is 0.728. The van der Waals surface area contributed by atoms with Crippen LogP contribution in [0, 0.1) is 17.3 Å². The summed E-state index contributed by atoms with van der Waals surface area (Å²) in [6.07, 6.45) is -0.782. The van der Waals surface area contributed by atoms with Crippen molar-refractivity contribution in [3.05, 3.63) is 29.8 Å². The first-order valence-corrected chi connectivity index (χ1v) is 13.2. The lowest BCUT2D eigenvalue weighted by Gasteiger charge is -2.42. The third-order valence-corrected chi connectivity index (χ3v) is 8.49. The number of halogens is 3. The van der Waals surface area contributed by atoms with Gasteiger partial charge in [-0.15, -0.1) is 0 Å². The fraction of sp³-hybridized carbons (Fsp3) is 0.741. The van der Waals surface area contributed by atoms with E-state index in [0.29, 0.717) is 57.0 Å². The number of ether oxygens (including phenoxy) is 2. The standard InChI is InChI=1S/C27H40F3N3O3/c1-19(2)26(9-7-22(16-26)31-24-8-14-36-18-20(24)17-35-3)25(34)33-12-10-32(11-13-33)23-6-4-5-21(15-23)27(28,29)30/h4-6,15,19-20,22,24,31H,7-14,16-18H2,1-3H3/t20?,22-,24?,26?/m1/s1. The van der Waals surface area contributed by atoms with Gasteiger partial charge < -0.3 is 24.6 Å². The summed E-state index contributed by atoms with van der Waals surface area (Å²) in [4.78, 5) is 17.8. The number of nitrogens with one attached hydrogen (secondary N) is 1. The first kappa shape index (κ1) is 27.2. The van der Waals surface area contributed by atoms with E-state index in [-0.39, 0.29) is 17.9 Å². The Morgan fingerprint density at radius 1 is 1.22 bits per heavy atom. The Kier molecular flexibility index (Phi) is 8.52. The molecule has 3 unspecified atom stereocenters. The van der Waals surface area contributed by atoms with Gasteiger partial charge in [0.2, 0.25) is 5.91 Å². The number of amides is 1. The van der Waals surface area contributed by atoms with Gasteiger partial charge in [0, 0.05) is 63.6 Å². The van der Waals surface area contributed by atoms with Crippen molar-refractivity contribution in [3.8, 4) is 0 Å². The second-order valence-electron chi connectivity index (χ2n) is 10.9. The van der Waals surface area contributed by atoms with Crippen molar-refractivity contribution in [1.82, 2.24) is 10.2 Å². The Morgan fingerprint density at radius 2 is 1.97 bits per heavy atom. The minimum Gasteiger partial charge on any atom is -0.384 e. The zero-order chi connectivity index (χ0) is 25.9. The van der Waals surface area contributed by atoms with Gasteiger partial charge in [-0.3, -0.25) is 4.79 Å². The van der Waals surface area contributed by atoms with Gasteiger partial charge in [0.1, 0.15) is 0 Å².